The van der Waals surface area contributed by atoms with Gasteiger partial charge in [0.25, 0.3) is 0 Å². The van der Waals surface area contributed by atoms with E-state index in [1.165, 1.54) is 38.5 Å². The molecule has 0 aliphatic heterocycles. The van der Waals surface area contributed by atoms with Gasteiger partial charge in [0.15, 0.2) is 11.6 Å². The normalized spacial score (nSPS) is 10.7. The maximum Gasteiger partial charge on any atom is 0.181 e. The molecule has 36 heavy (non-hydrogen) atoms. The third kappa shape index (κ3) is 5.42. The fourth-order valence-corrected chi connectivity index (χ4v) is 3.92. The number of hydrogen-bond donors (Lipinski definition) is 0. The molecule has 0 amide bonds. The maximum absolute atomic E-state index is 13.6. The molecule has 8 heteroatoms. The Labute approximate surface area is 212 Å². The van der Waals surface area contributed by atoms with Crippen LogP contribution >= 0.6 is 11.6 Å². The number of pyridine rings is 2. The van der Waals surface area contributed by atoms with Crippen LogP contribution in [0.1, 0.15) is 33.7 Å². The second-order valence-electron chi connectivity index (χ2n) is 7.88. The fraction of sp³-hybridized carbons (Fsp3) is 0.143. The Morgan fingerprint density at radius 1 is 0.889 bits per heavy atom. The van der Waals surface area contributed by atoms with Crippen LogP contribution in [0.2, 0.25) is 5.02 Å². The number of ketones is 2. The molecule has 0 bridgehead atoms. The van der Waals surface area contributed by atoms with Crippen molar-refractivity contribution in [1.29, 1.82) is 0 Å². The van der Waals surface area contributed by atoms with Crippen molar-refractivity contribution in [2.75, 3.05) is 14.2 Å². The van der Waals surface area contributed by atoms with Crippen LogP contribution in [0.3, 0.4) is 0 Å². The first-order chi connectivity index (χ1) is 17.4. The van der Waals surface area contributed by atoms with E-state index >= 15 is 0 Å². The summed E-state index contributed by atoms with van der Waals surface area (Å²) >= 11 is 5.91. The summed E-state index contributed by atoms with van der Waals surface area (Å²) in [5.74, 6) is -0.112. The lowest BCUT2D eigenvalue weighted by Crippen LogP contribution is -2.08. The number of nitrogens with zero attached hydrogens (tertiary/aromatic N) is 2. The molecule has 0 unspecified atom stereocenters. The molecule has 6 nitrogen and oxygen atoms in total. The first kappa shape index (κ1) is 25.0. The number of hydrogen-bond acceptors (Lipinski definition) is 6. The maximum atomic E-state index is 13.6. The second kappa shape index (κ2) is 11.1. The molecule has 2 aromatic carbocycles. The van der Waals surface area contributed by atoms with Crippen LogP contribution in [0.25, 0.3) is 22.4 Å². The molecule has 0 N–H and O–H groups in total. The Morgan fingerprint density at radius 3 is 2.36 bits per heavy atom. The van der Waals surface area contributed by atoms with Crippen molar-refractivity contribution in [3.63, 3.8) is 0 Å². The van der Waals surface area contributed by atoms with Crippen molar-refractivity contribution >= 4 is 23.2 Å². The first-order valence-electron chi connectivity index (χ1n) is 11.1. The van der Waals surface area contributed by atoms with Gasteiger partial charge in [0.2, 0.25) is 0 Å². The minimum atomic E-state index is -0.560. The zero-order chi connectivity index (χ0) is 25.7. The van der Waals surface area contributed by atoms with E-state index in [0.717, 1.165) is 11.1 Å². The summed E-state index contributed by atoms with van der Waals surface area (Å²) < 4.78 is 24.4. The number of carbonyl (C=O) groups is 2. The minimum Gasteiger partial charge on any atom is -0.496 e. The van der Waals surface area contributed by atoms with Gasteiger partial charge < -0.3 is 9.47 Å². The molecule has 0 saturated carbocycles. The van der Waals surface area contributed by atoms with Gasteiger partial charge in [0, 0.05) is 47.5 Å². The lowest BCUT2D eigenvalue weighted by atomic mass is 9.99. The Hall–Kier alpha value is -4.10. The number of ether oxygens (including phenoxy) is 2. The number of carbonyl (C=O) groups excluding carboxylic acids is 2. The van der Waals surface area contributed by atoms with Gasteiger partial charge in [-0.05, 0) is 48.5 Å². The predicted molar refractivity (Wildman–Crippen MR) is 135 cm³/mol. The number of rotatable bonds is 9. The molecule has 4 rings (SSSR count). The number of aromatic nitrogens is 2. The molecule has 2 heterocycles. The average molecular weight is 505 g/mol. The highest BCUT2D eigenvalue weighted by Crippen LogP contribution is 2.32. The van der Waals surface area contributed by atoms with Crippen LogP contribution in [0, 0.1) is 5.82 Å². The zero-order valence-corrected chi connectivity index (χ0v) is 20.4. The van der Waals surface area contributed by atoms with Crippen LogP contribution in [0.5, 0.6) is 11.5 Å². The molecule has 0 radical (unpaired) electrons. The number of halogens is 2. The van der Waals surface area contributed by atoms with Crippen LogP contribution in [0.4, 0.5) is 4.39 Å². The molecule has 4 aromatic rings. The Morgan fingerprint density at radius 2 is 1.67 bits per heavy atom. The van der Waals surface area contributed by atoms with Gasteiger partial charge in [0.05, 0.1) is 19.2 Å². The summed E-state index contributed by atoms with van der Waals surface area (Å²) in [7, 11) is 3.01. The molecular formula is C28H22ClFN2O4. The second-order valence-corrected chi connectivity index (χ2v) is 8.29. The highest BCUT2D eigenvalue weighted by atomic mass is 35.5. The van der Waals surface area contributed by atoms with Crippen LogP contribution in [-0.2, 0) is 0 Å². The first-order valence-corrected chi connectivity index (χ1v) is 11.4. The summed E-state index contributed by atoms with van der Waals surface area (Å²) in [5.41, 5.74) is 3.15. The number of Topliss-reactive ketones (excluding diaryl/α,β-unsaturated/α-hetero) is 2. The number of benzene rings is 2. The van der Waals surface area contributed by atoms with Crippen molar-refractivity contribution in [2.45, 2.75) is 12.8 Å². The van der Waals surface area contributed by atoms with E-state index in [4.69, 9.17) is 21.1 Å². The number of methoxy groups -OCH3 is 2. The Kier molecular flexibility index (Phi) is 7.71. The van der Waals surface area contributed by atoms with E-state index in [0.29, 0.717) is 28.3 Å². The molecule has 0 fully saturated rings. The monoisotopic (exact) mass is 504 g/mol. The lowest BCUT2D eigenvalue weighted by Gasteiger charge is -2.11. The third-order valence-electron chi connectivity index (χ3n) is 5.63. The zero-order valence-electron chi connectivity index (χ0n) is 19.6. The summed E-state index contributed by atoms with van der Waals surface area (Å²) in [6, 6.07) is 16.2. The SMILES string of the molecule is COc1cc(C(=O)CCC(=O)c2ccc(OC)c(-c3ccc(F)c(Cl)c3)n2)ccc1-c1cccnc1. The van der Waals surface area contributed by atoms with E-state index in [-0.39, 0.29) is 35.1 Å². The minimum absolute atomic E-state index is 0.000351. The van der Waals surface area contributed by atoms with E-state index < -0.39 is 5.82 Å². The van der Waals surface area contributed by atoms with Crippen LogP contribution < -0.4 is 9.47 Å². The van der Waals surface area contributed by atoms with Crippen molar-refractivity contribution in [3.8, 4) is 33.9 Å². The molecule has 0 saturated heterocycles. The van der Waals surface area contributed by atoms with Crippen molar-refractivity contribution in [1.82, 2.24) is 9.97 Å². The van der Waals surface area contributed by atoms with Gasteiger partial charge in [-0.2, -0.15) is 0 Å². The predicted octanol–water partition coefficient (Wildman–Crippen LogP) is 6.47. The van der Waals surface area contributed by atoms with Crippen LogP contribution in [0.15, 0.2) is 73.1 Å². The molecule has 0 aliphatic rings. The van der Waals surface area contributed by atoms with Gasteiger partial charge in [-0.1, -0.05) is 23.7 Å². The summed E-state index contributed by atoms with van der Waals surface area (Å²) in [4.78, 5) is 34.3. The van der Waals surface area contributed by atoms with Gasteiger partial charge >= 0.3 is 0 Å². The smallest absolute Gasteiger partial charge is 0.181 e. The van der Waals surface area contributed by atoms with Gasteiger partial charge in [0.1, 0.15) is 28.7 Å². The van der Waals surface area contributed by atoms with Crippen molar-refractivity contribution < 1.29 is 23.5 Å². The van der Waals surface area contributed by atoms with Crippen molar-refractivity contribution in [3.05, 3.63) is 95.2 Å². The lowest BCUT2D eigenvalue weighted by molar-refractivity contribution is 0.0915. The van der Waals surface area contributed by atoms with Crippen LogP contribution in [-0.4, -0.2) is 35.8 Å². The largest absolute Gasteiger partial charge is 0.496 e. The summed E-state index contributed by atoms with van der Waals surface area (Å²) in [6.45, 7) is 0. The van der Waals surface area contributed by atoms with E-state index in [1.807, 2.05) is 12.1 Å². The summed E-state index contributed by atoms with van der Waals surface area (Å²) in [5, 5.41) is -0.0661. The van der Waals surface area contributed by atoms with Crippen molar-refractivity contribution in [2.24, 2.45) is 0 Å². The average Bonchev–Trinajstić information content (AvgIpc) is 2.92. The quantitative estimate of drug-likeness (QED) is 0.243. The third-order valence-corrected chi connectivity index (χ3v) is 5.92. The Bertz CT molecular complexity index is 1430. The molecule has 0 atom stereocenters. The molecule has 182 valence electrons. The highest BCUT2D eigenvalue weighted by Gasteiger charge is 2.18. The topological polar surface area (TPSA) is 78.4 Å². The van der Waals surface area contributed by atoms with E-state index in [2.05, 4.69) is 9.97 Å². The standard InChI is InChI=1S/C28H22ClFN2O4/c1-35-26-12-9-23(32-28(26)18-6-8-22(30)21(29)14-18)25(34)11-10-24(33)17-5-7-20(27(15-17)36-2)19-4-3-13-31-16-19/h3-9,12-16H,10-11H2,1-2H3. The molecule has 0 aliphatic carbocycles. The molecule has 2 aromatic heterocycles. The van der Waals surface area contributed by atoms with Gasteiger partial charge in [-0.3, -0.25) is 14.6 Å². The van der Waals surface area contributed by atoms with Gasteiger partial charge in [-0.15, -0.1) is 0 Å². The highest BCUT2D eigenvalue weighted by molar-refractivity contribution is 6.31. The van der Waals surface area contributed by atoms with E-state index in [1.54, 1.807) is 36.7 Å². The molecular weight excluding hydrogens is 483 g/mol. The molecule has 0 spiro atoms. The van der Waals surface area contributed by atoms with E-state index in [9.17, 15) is 14.0 Å². The van der Waals surface area contributed by atoms with Gasteiger partial charge in [-0.25, -0.2) is 9.37 Å². The Balaban J connectivity index is 1.50. The fourth-order valence-electron chi connectivity index (χ4n) is 3.74. The summed E-state index contributed by atoms with van der Waals surface area (Å²) in [6.07, 6.45) is 3.36.